The summed E-state index contributed by atoms with van der Waals surface area (Å²) in [6.07, 6.45) is 2.09. The van der Waals surface area contributed by atoms with Gasteiger partial charge in [-0.2, -0.15) is 5.10 Å². The van der Waals surface area contributed by atoms with Crippen LogP contribution >= 0.6 is 15.9 Å². The standard InChI is InChI=1S/C19H15BrFN3O2/c1-26-17-7-2-11(8-16(17)20)14-9-18(25)23-19-15(14)10-22-24(19)13-5-3-12(21)4-6-13/h2-8,10,14H,9H2,1H3,(H,23,25)/t14-/m1/s1. The molecule has 0 radical (unpaired) electrons. The first-order chi connectivity index (χ1) is 12.6. The number of hydrogen-bond donors (Lipinski definition) is 1. The molecule has 4 rings (SSSR count). The van der Waals surface area contributed by atoms with Crippen LogP contribution in [0.3, 0.4) is 0 Å². The highest BCUT2D eigenvalue weighted by atomic mass is 79.9. The number of amides is 1. The van der Waals surface area contributed by atoms with Gasteiger partial charge in [0, 0.05) is 17.9 Å². The van der Waals surface area contributed by atoms with E-state index in [0.717, 1.165) is 21.3 Å². The number of nitrogens with zero attached hydrogens (tertiary/aromatic N) is 2. The zero-order valence-electron chi connectivity index (χ0n) is 13.9. The summed E-state index contributed by atoms with van der Waals surface area (Å²) in [5.74, 6) is 0.828. The summed E-state index contributed by atoms with van der Waals surface area (Å²) in [4.78, 5) is 12.3. The molecule has 0 aliphatic carbocycles. The molecule has 132 valence electrons. The van der Waals surface area contributed by atoms with Crippen molar-refractivity contribution in [1.82, 2.24) is 9.78 Å². The lowest BCUT2D eigenvalue weighted by atomic mass is 9.87. The molecule has 0 unspecified atom stereocenters. The minimum absolute atomic E-state index is 0.0849. The molecule has 7 heteroatoms. The van der Waals surface area contributed by atoms with Crippen LogP contribution in [0.25, 0.3) is 5.69 Å². The van der Waals surface area contributed by atoms with Gasteiger partial charge in [-0.3, -0.25) is 4.79 Å². The molecular weight excluding hydrogens is 401 g/mol. The van der Waals surface area contributed by atoms with Crippen LogP contribution in [-0.4, -0.2) is 22.8 Å². The molecular formula is C19H15BrFN3O2. The summed E-state index contributed by atoms with van der Waals surface area (Å²) >= 11 is 3.50. The molecule has 0 spiro atoms. The smallest absolute Gasteiger partial charge is 0.226 e. The van der Waals surface area contributed by atoms with Crippen LogP contribution in [0.1, 0.15) is 23.5 Å². The van der Waals surface area contributed by atoms with Crippen molar-refractivity contribution in [3.63, 3.8) is 0 Å². The van der Waals surface area contributed by atoms with Crippen LogP contribution in [0.2, 0.25) is 0 Å². The number of fused-ring (bicyclic) bond motifs is 1. The molecule has 3 aromatic rings. The lowest BCUT2D eigenvalue weighted by Crippen LogP contribution is -2.24. The molecule has 2 aromatic carbocycles. The molecule has 1 atom stereocenters. The number of nitrogens with one attached hydrogen (secondary N) is 1. The van der Waals surface area contributed by atoms with E-state index in [9.17, 15) is 9.18 Å². The number of aromatic nitrogens is 2. The maximum atomic E-state index is 13.2. The fourth-order valence-corrected chi connectivity index (χ4v) is 3.75. The van der Waals surface area contributed by atoms with Crippen molar-refractivity contribution < 1.29 is 13.9 Å². The number of benzene rings is 2. The molecule has 0 saturated carbocycles. The maximum Gasteiger partial charge on any atom is 0.226 e. The van der Waals surface area contributed by atoms with E-state index in [1.807, 2.05) is 18.2 Å². The number of anilines is 1. The fraction of sp³-hybridized carbons (Fsp3) is 0.158. The van der Waals surface area contributed by atoms with E-state index in [4.69, 9.17) is 4.74 Å². The van der Waals surface area contributed by atoms with Crippen molar-refractivity contribution in [3.05, 3.63) is 70.1 Å². The Labute approximate surface area is 157 Å². The second kappa shape index (κ2) is 6.57. The van der Waals surface area contributed by atoms with Gasteiger partial charge in [0.15, 0.2) is 0 Å². The van der Waals surface area contributed by atoms with Gasteiger partial charge in [0.05, 0.1) is 23.5 Å². The normalized spacial score (nSPS) is 16.1. The predicted molar refractivity (Wildman–Crippen MR) is 99.3 cm³/mol. The van der Waals surface area contributed by atoms with Crippen molar-refractivity contribution >= 4 is 27.7 Å². The topological polar surface area (TPSA) is 56.1 Å². The summed E-state index contributed by atoms with van der Waals surface area (Å²) in [6.45, 7) is 0. The molecule has 2 heterocycles. The minimum Gasteiger partial charge on any atom is -0.496 e. The highest BCUT2D eigenvalue weighted by Crippen LogP contribution is 2.40. The minimum atomic E-state index is -0.320. The first kappa shape index (κ1) is 16.8. The van der Waals surface area contributed by atoms with Crippen molar-refractivity contribution in [2.24, 2.45) is 0 Å². The van der Waals surface area contributed by atoms with E-state index < -0.39 is 0 Å². The van der Waals surface area contributed by atoms with Crippen molar-refractivity contribution in [3.8, 4) is 11.4 Å². The Hall–Kier alpha value is -2.67. The number of ether oxygens (including phenoxy) is 1. The zero-order valence-corrected chi connectivity index (χ0v) is 15.5. The molecule has 0 fully saturated rings. The lowest BCUT2D eigenvalue weighted by molar-refractivity contribution is -0.116. The molecule has 5 nitrogen and oxygen atoms in total. The zero-order chi connectivity index (χ0) is 18.3. The Morgan fingerprint density at radius 3 is 2.73 bits per heavy atom. The summed E-state index contributed by atoms with van der Waals surface area (Å²) in [6, 6.07) is 11.8. The van der Waals surface area contributed by atoms with Crippen LogP contribution in [0.15, 0.2) is 53.1 Å². The Morgan fingerprint density at radius 2 is 2.04 bits per heavy atom. The maximum absolute atomic E-state index is 13.2. The summed E-state index contributed by atoms with van der Waals surface area (Å²) in [5, 5.41) is 7.30. The van der Waals surface area contributed by atoms with E-state index in [1.54, 1.807) is 30.1 Å². The highest BCUT2D eigenvalue weighted by Gasteiger charge is 2.30. The highest BCUT2D eigenvalue weighted by molar-refractivity contribution is 9.10. The van der Waals surface area contributed by atoms with Gasteiger partial charge in [0.1, 0.15) is 17.4 Å². The number of rotatable bonds is 3. The van der Waals surface area contributed by atoms with Crippen molar-refractivity contribution in [2.75, 3.05) is 12.4 Å². The quantitative estimate of drug-likeness (QED) is 0.695. The second-order valence-corrected chi connectivity index (χ2v) is 6.89. The lowest BCUT2D eigenvalue weighted by Gasteiger charge is -2.24. The van der Waals surface area contributed by atoms with Gasteiger partial charge in [-0.25, -0.2) is 9.07 Å². The predicted octanol–water partition coefficient (Wildman–Crippen LogP) is 4.26. The monoisotopic (exact) mass is 415 g/mol. The van der Waals surface area contributed by atoms with Gasteiger partial charge in [-0.1, -0.05) is 6.07 Å². The van der Waals surface area contributed by atoms with Crippen LogP contribution in [0.4, 0.5) is 10.2 Å². The van der Waals surface area contributed by atoms with Gasteiger partial charge in [-0.15, -0.1) is 0 Å². The second-order valence-electron chi connectivity index (χ2n) is 6.04. The number of carbonyl (C=O) groups excluding carboxylic acids is 1. The first-order valence-corrected chi connectivity index (χ1v) is 8.83. The fourth-order valence-electron chi connectivity index (χ4n) is 3.19. The molecule has 1 N–H and O–H groups in total. The average Bonchev–Trinajstić information content (AvgIpc) is 3.05. The molecule has 1 aliphatic heterocycles. The van der Waals surface area contributed by atoms with Gasteiger partial charge >= 0.3 is 0 Å². The first-order valence-electron chi connectivity index (χ1n) is 8.04. The molecule has 0 bridgehead atoms. The number of hydrogen-bond acceptors (Lipinski definition) is 3. The third-order valence-corrected chi connectivity index (χ3v) is 5.09. The van der Waals surface area contributed by atoms with Crippen molar-refractivity contribution in [1.29, 1.82) is 0 Å². The van der Waals surface area contributed by atoms with Crippen LogP contribution in [0.5, 0.6) is 5.75 Å². The van der Waals surface area contributed by atoms with E-state index in [0.29, 0.717) is 17.9 Å². The van der Waals surface area contributed by atoms with Crippen LogP contribution in [-0.2, 0) is 4.79 Å². The van der Waals surface area contributed by atoms with Gasteiger partial charge in [-0.05, 0) is 57.9 Å². The number of methoxy groups -OCH3 is 1. The SMILES string of the molecule is COc1ccc([C@H]2CC(=O)Nc3c2cnn3-c2ccc(F)cc2)cc1Br. The molecule has 1 aliphatic rings. The van der Waals surface area contributed by atoms with Crippen LogP contribution in [0, 0.1) is 5.82 Å². The summed E-state index contributed by atoms with van der Waals surface area (Å²) in [7, 11) is 1.61. The summed E-state index contributed by atoms with van der Waals surface area (Å²) in [5.41, 5.74) is 2.60. The number of carbonyl (C=O) groups is 1. The van der Waals surface area contributed by atoms with Gasteiger partial charge in [0.25, 0.3) is 0 Å². The Kier molecular flexibility index (Phi) is 4.24. The molecule has 1 amide bonds. The third kappa shape index (κ3) is 2.88. The Balaban J connectivity index is 1.78. The Morgan fingerprint density at radius 1 is 1.27 bits per heavy atom. The number of halogens is 2. The van der Waals surface area contributed by atoms with Crippen molar-refractivity contribution in [2.45, 2.75) is 12.3 Å². The molecule has 0 saturated heterocycles. The average molecular weight is 416 g/mol. The van der Waals surface area contributed by atoms with Crippen LogP contribution < -0.4 is 10.1 Å². The molecule has 26 heavy (non-hydrogen) atoms. The molecule has 1 aromatic heterocycles. The van der Waals surface area contributed by atoms with E-state index >= 15 is 0 Å². The Bertz CT molecular complexity index is 985. The van der Waals surface area contributed by atoms with E-state index in [1.165, 1.54) is 12.1 Å². The largest absolute Gasteiger partial charge is 0.496 e. The van der Waals surface area contributed by atoms with Gasteiger partial charge < -0.3 is 10.1 Å². The van der Waals surface area contributed by atoms with Gasteiger partial charge in [0.2, 0.25) is 5.91 Å². The summed E-state index contributed by atoms with van der Waals surface area (Å²) < 4.78 is 20.9. The third-order valence-electron chi connectivity index (χ3n) is 4.47. The van der Waals surface area contributed by atoms with E-state index in [-0.39, 0.29) is 17.6 Å². The van der Waals surface area contributed by atoms with E-state index in [2.05, 4.69) is 26.3 Å².